The average molecular weight is 445 g/mol. The molecule has 0 spiro atoms. The Balaban J connectivity index is 2.19. The lowest BCUT2D eigenvalue weighted by Crippen LogP contribution is -2.35. The number of ether oxygens (including phenoxy) is 1. The summed E-state index contributed by atoms with van der Waals surface area (Å²) in [5, 5.41) is 2.63. The number of methoxy groups -OCH3 is 1. The Hall–Kier alpha value is -1.97. The van der Waals surface area contributed by atoms with Crippen molar-refractivity contribution in [1.29, 1.82) is 0 Å². The number of aryl methyl sites for hydroxylation is 1. The number of anilines is 1. The summed E-state index contributed by atoms with van der Waals surface area (Å²) in [7, 11) is -1.59. The molecule has 1 amide bonds. The number of carbonyl (C=O) groups is 1. The fraction of sp³-hybridized carbons (Fsp3) is 0.235. The van der Waals surface area contributed by atoms with Crippen LogP contribution in [0.4, 0.5) is 10.1 Å². The molecule has 140 valence electrons. The number of amides is 1. The summed E-state index contributed by atoms with van der Waals surface area (Å²) in [5.74, 6) is -1.25. The zero-order valence-corrected chi connectivity index (χ0v) is 16.8. The molecule has 0 fully saturated rings. The highest BCUT2D eigenvalue weighted by molar-refractivity contribution is 9.10. The first-order valence-corrected chi connectivity index (χ1v) is 9.74. The van der Waals surface area contributed by atoms with Crippen molar-refractivity contribution in [3.05, 3.63) is 52.3 Å². The lowest BCUT2D eigenvalue weighted by molar-refractivity contribution is -0.116. The number of nitrogens with one attached hydrogen (secondary N) is 1. The van der Waals surface area contributed by atoms with Gasteiger partial charge in [-0.1, -0.05) is 6.07 Å². The molecule has 0 heterocycles. The highest BCUT2D eigenvalue weighted by atomic mass is 79.9. The fourth-order valence-electron chi connectivity index (χ4n) is 2.22. The molecule has 0 aliphatic heterocycles. The molecule has 0 saturated carbocycles. The Morgan fingerprint density at radius 1 is 1.27 bits per heavy atom. The molecule has 0 saturated heterocycles. The molecule has 2 aromatic rings. The van der Waals surface area contributed by atoms with Crippen LogP contribution in [0.1, 0.15) is 5.56 Å². The highest BCUT2D eigenvalue weighted by Gasteiger charge is 2.27. The molecular weight excluding hydrogens is 427 g/mol. The molecule has 0 unspecified atom stereocenters. The molecule has 2 aromatic carbocycles. The van der Waals surface area contributed by atoms with Crippen molar-refractivity contribution < 1.29 is 22.3 Å². The summed E-state index contributed by atoms with van der Waals surface area (Å²) in [4.78, 5) is 11.9. The van der Waals surface area contributed by atoms with E-state index in [4.69, 9.17) is 4.74 Å². The van der Waals surface area contributed by atoms with Crippen LogP contribution in [-0.4, -0.2) is 39.3 Å². The van der Waals surface area contributed by atoms with Crippen molar-refractivity contribution in [3.63, 3.8) is 0 Å². The van der Waals surface area contributed by atoms with Gasteiger partial charge >= 0.3 is 0 Å². The number of hydrogen-bond acceptors (Lipinski definition) is 4. The maximum Gasteiger partial charge on any atom is 0.247 e. The number of carbonyl (C=O) groups excluding carboxylic acids is 1. The van der Waals surface area contributed by atoms with Gasteiger partial charge in [-0.2, -0.15) is 4.31 Å². The van der Waals surface area contributed by atoms with Gasteiger partial charge in [0, 0.05) is 11.5 Å². The predicted octanol–water partition coefficient (Wildman–Crippen LogP) is 3.16. The van der Waals surface area contributed by atoms with Crippen molar-refractivity contribution in [2.75, 3.05) is 26.0 Å². The van der Waals surface area contributed by atoms with E-state index in [1.54, 1.807) is 6.07 Å². The second-order valence-corrected chi connectivity index (χ2v) is 8.46. The van der Waals surface area contributed by atoms with E-state index >= 15 is 0 Å². The van der Waals surface area contributed by atoms with E-state index in [2.05, 4.69) is 21.2 Å². The van der Waals surface area contributed by atoms with Gasteiger partial charge in [-0.3, -0.25) is 4.79 Å². The number of likely N-dealkylation sites (N-methyl/N-ethyl adjacent to an activating group) is 1. The molecule has 0 bridgehead atoms. The lowest BCUT2D eigenvalue weighted by atomic mass is 10.2. The van der Waals surface area contributed by atoms with Gasteiger partial charge in [0.05, 0.1) is 19.3 Å². The first-order chi connectivity index (χ1) is 12.1. The lowest BCUT2D eigenvalue weighted by Gasteiger charge is -2.19. The molecule has 26 heavy (non-hydrogen) atoms. The van der Waals surface area contributed by atoms with Crippen molar-refractivity contribution in [2.24, 2.45) is 0 Å². The van der Waals surface area contributed by atoms with Crippen LogP contribution in [0, 0.1) is 12.7 Å². The Morgan fingerprint density at radius 3 is 2.58 bits per heavy atom. The Morgan fingerprint density at radius 2 is 1.96 bits per heavy atom. The van der Waals surface area contributed by atoms with Crippen molar-refractivity contribution in [1.82, 2.24) is 4.31 Å². The topological polar surface area (TPSA) is 75.7 Å². The quantitative estimate of drug-likeness (QED) is 0.742. The van der Waals surface area contributed by atoms with E-state index in [1.165, 1.54) is 20.2 Å². The molecule has 1 N–H and O–H groups in total. The molecule has 2 rings (SSSR count). The van der Waals surface area contributed by atoms with E-state index in [0.717, 1.165) is 22.0 Å². The maximum atomic E-state index is 13.5. The minimum atomic E-state index is -4.11. The molecule has 0 aliphatic rings. The minimum absolute atomic E-state index is 0.0000582. The van der Waals surface area contributed by atoms with Gasteiger partial charge in [0.25, 0.3) is 0 Å². The molecule has 9 heteroatoms. The third kappa shape index (κ3) is 4.60. The first-order valence-electron chi connectivity index (χ1n) is 7.51. The van der Waals surface area contributed by atoms with Gasteiger partial charge < -0.3 is 10.1 Å². The summed E-state index contributed by atoms with van der Waals surface area (Å²) in [6.45, 7) is 1.46. The van der Waals surface area contributed by atoms with Gasteiger partial charge in [-0.25, -0.2) is 12.8 Å². The van der Waals surface area contributed by atoms with E-state index < -0.39 is 28.3 Å². The van der Waals surface area contributed by atoms with Crippen LogP contribution < -0.4 is 10.1 Å². The fourth-order valence-corrected chi connectivity index (χ4v) is 4.10. The number of halogens is 2. The van der Waals surface area contributed by atoms with Crippen LogP contribution in [0.25, 0.3) is 0 Å². The van der Waals surface area contributed by atoms with Gasteiger partial charge in [0.2, 0.25) is 15.9 Å². The number of benzene rings is 2. The highest BCUT2D eigenvalue weighted by Crippen LogP contribution is 2.27. The van der Waals surface area contributed by atoms with E-state index in [-0.39, 0.29) is 10.6 Å². The summed E-state index contributed by atoms with van der Waals surface area (Å²) >= 11 is 3.34. The Labute approximate surface area is 160 Å². The summed E-state index contributed by atoms with van der Waals surface area (Å²) in [5.41, 5.74) is 1.53. The summed E-state index contributed by atoms with van der Waals surface area (Å²) in [6, 6.07) is 8.53. The number of rotatable bonds is 6. The second kappa shape index (κ2) is 8.15. The van der Waals surface area contributed by atoms with Gasteiger partial charge in [0.15, 0.2) is 0 Å². The average Bonchev–Trinajstić information content (AvgIpc) is 2.57. The smallest absolute Gasteiger partial charge is 0.247 e. The van der Waals surface area contributed by atoms with Crippen LogP contribution in [0.3, 0.4) is 0 Å². The molecule has 0 radical (unpaired) electrons. The van der Waals surface area contributed by atoms with Crippen LogP contribution in [0.15, 0.2) is 45.8 Å². The van der Waals surface area contributed by atoms with Crippen LogP contribution >= 0.6 is 15.9 Å². The molecule has 0 aliphatic carbocycles. The largest absolute Gasteiger partial charge is 0.495 e. The van der Waals surface area contributed by atoms with Gasteiger partial charge in [0.1, 0.15) is 16.5 Å². The number of sulfonamides is 1. The van der Waals surface area contributed by atoms with Crippen molar-refractivity contribution in [2.45, 2.75) is 11.8 Å². The Kier molecular flexibility index (Phi) is 6.38. The van der Waals surface area contributed by atoms with Crippen molar-refractivity contribution in [3.8, 4) is 5.75 Å². The maximum absolute atomic E-state index is 13.5. The SMILES string of the molecule is COc1ccc(F)cc1S(=O)(=O)N(C)CC(=O)Nc1ccc(C)cc1Br. The summed E-state index contributed by atoms with van der Waals surface area (Å²) in [6.07, 6.45) is 0. The van der Waals surface area contributed by atoms with Gasteiger partial charge in [-0.05, 0) is 58.7 Å². The van der Waals surface area contributed by atoms with E-state index in [1.807, 2.05) is 19.1 Å². The normalized spacial score (nSPS) is 11.5. The first kappa shape index (κ1) is 20.3. The molecule has 6 nitrogen and oxygen atoms in total. The third-order valence-corrected chi connectivity index (χ3v) is 6.06. The predicted molar refractivity (Wildman–Crippen MR) is 100 cm³/mol. The standard InChI is InChI=1S/C17H18BrFN2O4S/c1-11-4-6-14(13(18)8-11)20-17(22)10-21(2)26(23,24)16-9-12(19)5-7-15(16)25-3/h4-9H,10H2,1-3H3,(H,20,22). The van der Waals surface area contributed by atoms with Crippen LogP contribution in [0.5, 0.6) is 5.75 Å². The molecule has 0 aromatic heterocycles. The third-order valence-electron chi connectivity index (χ3n) is 3.58. The van der Waals surface area contributed by atoms with Gasteiger partial charge in [-0.15, -0.1) is 0 Å². The molecule has 0 atom stereocenters. The van der Waals surface area contributed by atoms with E-state index in [9.17, 15) is 17.6 Å². The minimum Gasteiger partial charge on any atom is -0.495 e. The molecular formula is C17H18BrFN2O4S. The van der Waals surface area contributed by atoms with Crippen LogP contribution in [-0.2, 0) is 14.8 Å². The Bertz CT molecular complexity index is 934. The van der Waals surface area contributed by atoms with E-state index in [0.29, 0.717) is 10.2 Å². The second-order valence-electron chi connectivity index (χ2n) is 5.59. The van der Waals surface area contributed by atoms with Crippen LogP contribution in [0.2, 0.25) is 0 Å². The summed E-state index contributed by atoms with van der Waals surface area (Å²) < 4.78 is 45.3. The monoisotopic (exact) mass is 444 g/mol. The van der Waals surface area contributed by atoms with Crippen molar-refractivity contribution >= 4 is 37.5 Å². The zero-order chi connectivity index (χ0) is 19.5. The number of hydrogen-bond donors (Lipinski definition) is 1. The zero-order valence-electron chi connectivity index (χ0n) is 14.4. The number of nitrogens with zero attached hydrogens (tertiary/aromatic N) is 1.